The van der Waals surface area contributed by atoms with Crippen molar-refractivity contribution in [3.05, 3.63) is 41.7 Å². The molecule has 2 N–H and O–H groups in total. The van der Waals surface area contributed by atoms with Crippen molar-refractivity contribution in [1.82, 2.24) is 15.1 Å². The molecule has 0 saturated carbocycles. The van der Waals surface area contributed by atoms with E-state index in [9.17, 15) is 5.11 Å². The Morgan fingerprint density at radius 2 is 2.22 bits per heavy atom. The van der Waals surface area contributed by atoms with Crippen molar-refractivity contribution in [2.75, 3.05) is 19.9 Å². The largest absolute Gasteiger partial charge is 0.496 e. The summed E-state index contributed by atoms with van der Waals surface area (Å²) in [6, 6.07) is 6.30. The third kappa shape index (κ3) is 4.28. The van der Waals surface area contributed by atoms with Gasteiger partial charge in [-0.25, -0.2) is 0 Å². The molecule has 2 unspecified atom stereocenters. The lowest BCUT2D eigenvalue weighted by Crippen LogP contribution is -2.36. The Hall–Kier alpha value is -1.50. The van der Waals surface area contributed by atoms with Crippen LogP contribution in [0.4, 0.5) is 0 Å². The number of nitrogens with zero attached hydrogens (tertiary/aromatic N) is 2. The molecule has 1 aromatic carbocycles. The van der Waals surface area contributed by atoms with Crippen molar-refractivity contribution in [3.8, 4) is 5.75 Å². The van der Waals surface area contributed by atoms with E-state index < -0.39 is 5.60 Å². The van der Waals surface area contributed by atoms with E-state index in [-0.39, 0.29) is 6.04 Å². The highest BCUT2D eigenvalue weighted by atomic mass is 32.2. The molecule has 0 fully saturated rings. The lowest BCUT2D eigenvalue weighted by Gasteiger charge is -2.25. The Kier molecular flexibility index (Phi) is 5.73. The zero-order valence-corrected chi connectivity index (χ0v) is 15.1. The van der Waals surface area contributed by atoms with E-state index in [0.717, 1.165) is 21.8 Å². The fourth-order valence-electron chi connectivity index (χ4n) is 2.39. The zero-order chi connectivity index (χ0) is 17.0. The topological polar surface area (TPSA) is 59.3 Å². The molecule has 2 atom stereocenters. The maximum absolute atomic E-state index is 10.6. The fourth-order valence-corrected chi connectivity index (χ4v) is 2.94. The molecule has 0 aliphatic rings. The molecular formula is C17H25N3O2S. The van der Waals surface area contributed by atoms with Crippen molar-refractivity contribution in [3.63, 3.8) is 0 Å². The lowest BCUT2D eigenvalue weighted by molar-refractivity contribution is 0.0543. The van der Waals surface area contributed by atoms with E-state index in [4.69, 9.17) is 4.74 Å². The van der Waals surface area contributed by atoms with Crippen molar-refractivity contribution in [2.45, 2.75) is 30.4 Å². The highest BCUT2D eigenvalue weighted by molar-refractivity contribution is 7.98. The lowest BCUT2D eigenvalue weighted by atomic mass is 9.98. The van der Waals surface area contributed by atoms with Crippen LogP contribution in [-0.4, -0.2) is 34.8 Å². The molecule has 0 saturated heterocycles. The first-order valence-corrected chi connectivity index (χ1v) is 8.76. The van der Waals surface area contributed by atoms with Crippen LogP contribution in [0.5, 0.6) is 5.75 Å². The zero-order valence-electron chi connectivity index (χ0n) is 14.3. The Labute approximate surface area is 142 Å². The molecule has 5 nitrogen and oxygen atoms in total. The van der Waals surface area contributed by atoms with Crippen molar-refractivity contribution in [1.29, 1.82) is 0 Å². The molecule has 0 aliphatic heterocycles. The molecule has 0 amide bonds. The van der Waals surface area contributed by atoms with Crippen LogP contribution in [0.25, 0.3) is 0 Å². The van der Waals surface area contributed by atoms with Crippen molar-refractivity contribution >= 4 is 11.8 Å². The number of aliphatic hydroxyl groups is 1. The molecule has 6 heteroatoms. The van der Waals surface area contributed by atoms with Crippen molar-refractivity contribution < 1.29 is 9.84 Å². The van der Waals surface area contributed by atoms with Crippen LogP contribution in [0.1, 0.15) is 31.0 Å². The van der Waals surface area contributed by atoms with Crippen LogP contribution in [-0.2, 0) is 12.6 Å². The van der Waals surface area contributed by atoms with E-state index in [1.807, 2.05) is 25.6 Å². The van der Waals surface area contributed by atoms with E-state index >= 15 is 0 Å². The van der Waals surface area contributed by atoms with Gasteiger partial charge >= 0.3 is 0 Å². The van der Waals surface area contributed by atoms with Gasteiger partial charge in [0.05, 0.1) is 13.3 Å². The quantitative estimate of drug-likeness (QED) is 0.762. The first kappa shape index (κ1) is 17.8. The van der Waals surface area contributed by atoms with Gasteiger partial charge in [0, 0.05) is 36.3 Å². The van der Waals surface area contributed by atoms with E-state index in [1.165, 1.54) is 0 Å². The number of hydrogen-bond acceptors (Lipinski definition) is 5. The summed E-state index contributed by atoms with van der Waals surface area (Å²) in [6.07, 6.45) is 5.57. The van der Waals surface area contributed by atoms with Crippen molar-refractivity contribution in [2.24, 2.45) is 7.05 Å². The predicted molar refractivity (Wildman–Crippen MR) is 94.0 cm³/mol. The summed E-state index contributed by atoms with van der Waals surface area (Å²) in [5, 5.41) is 18.1. The second kappa shape index (κ2) is 7.38. The highest BCUT2D eigenvalue weighted by Gasteiger charge is 2.25. The Balaban J connectivity index is 2.05. The molecule has 1 aromatic heterocycles. The molecule has 2 rings (SSSR count). The van der Waals surface area contributed by atoms with Gasteiger partial charge in [0.2, 0.25) is 0 Å². The fraction of sp³-hybridized carbons (Fsp3) is 0.471. The van der Waals surface area contributed by atoms with E-state index in [2.05, 4.69) is 29.5 Å². The normalized spacial score (nSPS) is 15.2. The SMILES string of the molecule is COc1cc(C(C)NCC(C)(O)c2cnn(C)c2)ccc1SC. The van der Waals surface area contributed by atoms with Gasteiger partial charge in [-0.2, -0.15) is 5.10 Å². The molecular weight excluding hydrogens is 310 g/mol. The maximum atomic E-state index is 10.6. The van der Waals surface area contributed by atoms with E-state index in [0.29, 0.717) is 6.54 Å². The summed E-state index contributed by atoms with van der Waals surface area (Å²) in [5.74, 6) is 0.877. The molecule has 126 valence electrons. The molecule has 23 heavy (non-hydrogen) atoms. The standard InChI is InChI=1S/C17H25N3O2S/c1-12(13-6-7-16(23-5)15(8-13)22-4)18-11-17(2,21)14-9-19-20(3)10-14/h6-10,12,18,21H,11H2,1-5H3. The monoisotopic (exact) mass is 335 g/mol. The van der Waals surface area contributed by atoms with Crippen LogP contribution >= 0.6 is 11.8 Å². The Morgan fingerprint density at radius 3 is 2.78 bits per heavy atom. The highest BCUT2D eigenvalue weighted by Crippen LogP contribution is 2.30. The molecule has 0 radical (unpaired) electrons. The number of ether oxygens (including phenoxy) is 1. The summed E-state index contributed by atoms with van der Waals surface area (Å²) in [7, 11) is 3.53. The average Bonchev–Trinajstić information content (AvgIpc) is 2.99. The molecule has 0 aliphatic carbocycles. The maximum Gasteiger partial charge on any atom is 0.132 e. The third-order valence-electron chi connectivity index (χ3n) is 3.99. The number of aromatic nitrogens is 2. The second-order valence-corrected chi connectivity index (χ2v) is 6.74. The number of methoxy groups -OCH3 is 1. The van der Waals surface area contributed by atoms with Gasteiger partial charge in [0.25, 0.3) is 0 Å². The first-order chi connectivity index (χ1) is 10.9. The molecule has 2 aromatic rings. The number of aryl methyl sites for hydroxylation is 1. The van der Waals surface area contributed by atoms with Gasteiger partial charge in [0.1, 0.15) is 11.4 Å². The van der Waals surface area contributed by atoms with Gasteiger partial charge in [-0.1, -0.05) is 6.07 Å². The number of thioether (sulfide) groups is 1. The molecule has 1 heterocycles. The number of benzene rings is 1. The van der Waals surface area contributed by atoms with Gasteiger partial charge in [-0.05, 0) is 37.8 Å². The second-order valence-electron chi connectivity index (χ2n) is 5.89. The minimum absolute atomic E-state index is 0.1000. The van der Waals surface area contributed by atoms with Crippen LogP contribution in [0.2, 0.25) is 0 Å². The van der Waals surface area contributed by atoms with Gasteiger partial charge in [0.15, 0.2) is 0 Å². The first-order valence-electron chi connectivity index (χ1n) is 7.54. The van der Waals surface area contributed by atoms with Gasteiger partial charge < -0.3 is 15.2 Å². The van der Waals surface area contributed by atoms with Crippen LogP contribution in [0.3, 0.4) is 0 Å². The third-order valence-corrected chi connectivity index (χ3v) is 4.76. The summed E-state index contributed by atoms with van der Waals surface area (Å²) in [6.45, 7) is 4.31. The average molecular weight is 335 g/mol. The van der Waals surface area contributed by atoms with Gasteiger partial charge in [-0.15, -0.1) is 11.8 Å². The van der Waals surface area contributed by atoms with Crippen LogP contribution < -0.4 is 10.1 Å². The summed E-state index contributed by atoms with van der Waals surface area (Å²) in [4.78, 5) is 1.12. The van der Waals surface area contributed by atoms with Gasteiger partial charge in [-0.3, -0.25) is 4.68 Å². The Bertz CT molecular complexity index is 655. The summed E-state index contributed by atoms with van der Waals surface area (Å²) in [5.41, 5.74) is 0.961. The van der Waals surface area contributed by atoms with E-state index in [1.54, 1.807) is 36.7 Å². The smallest absolute Gasteiger partial charge is 0.132 e. The van der Waals surface area contributed by atoms with Crippen LogP contribution in [0.15, 0.2) is 35.5 Å². The number of hydrogen-bond donors (Lipinski definition) is 2. The number of rotatable bonds is 7. The number of nitrogens with one attached hydrogen (secondary N) is 1. The molecule has 0 spiro atoms. The van der Waals surface area contributed by atoms with Crippen LogP contribution in [0, 0.1) is 0 Å². The predicted octanol–water partition coefficient (Wildman–Crippen LogP) is 2.71. The minimum atomic E-state index is -0.966. The summed E-state index contributed by atoms with van der Waals surface area (Å²) >= 11 is 1.66. The minimum Gasteiger partial charge on any atom is -0.496 e. The Morgan fingerprint density at radius 1 is 1.48 bits per heavy atom. The molecule has 0 bridgehead atoms. The summed E-state index contributed by atoms with van der Waals surface area (Å²) < 4.78 is 7.13.